The minimum Gasteiger partial charge on any atom is -0.493 e. The number of methoxy groups -OCH3 is 2. The lowest BCUT2D eigenvalue weighted by Gasteiger charge is -2.10. The Morgan fingerprint density at radius 2 is 1.85 bits per heavy atom. The molecule has 0 aromatic heterocycles. The van der Waals surface area contributed by atoms with E-state index in [4.69, 9.17) is 9.47 Å². The molecule has 0 heterocycles. The smallest absolute Gasteiger partial charge is 0.349 e. The largest absolute Gasteiger partial charge is 0.493 e. The van der Waals surface area contributed by atoms with E-state index in [0.29, 0.717) is 12.2 Å². The first-order valence-corrected chi connectivity index (χ1v) is 6.12. The highest BCUT2D eigenvalue weighted by Crippen LogP contribution is 2.28. The predicted molar refractivity (Wildman–Crippen MR) is 70.0 cm³/mol. The van der Waals surface area contributed by atoms with Crippen LogP contribution in [0.5, 0.6) is 11.5 Å². The van der Waals surface area contributed by atoms with Crippen LogP contribution in [0.3, 0.4) is 0 Å². The summed E-state index contributed by atoms with van der Waals surface area (Å²) < 4.78 is 28.4. The van der Waals surface area contributed by atoms with Crippen LogP contribution in [0.2, 0.25) is 0 Å². The zero-order valence-electron chi connectivity index (χ0n) is 11.6. The molecule has 0 aliphatic rings. The van der Waals surface area contributed by atoms with Crippen LogP contribution in [0.1, 0.15) is 23.7 Å². The van der Waals surface area contributed by atoms with Gasteiger partial charge in [0.05, 0.1) is 20.8 Å². The number of hydrogen-bond acceptors (Lipinski definition) is 5. The Hall–Kier alpha value is -2.11. The van der Waals surface area contributed by atoms with Crippen molar-refractivity contribution in [3.8, 4) is 11.5 Å². The molecule has 1 rings (SSSR count). The van der Waals surface area contributed by atoms with Crippen molar-refractivity contribution in [3.63, 3.8) is 0 Å². The van der Waals surface area contributed by atoms with Crippen LogP contribution in [-0.4, -0.2) is 38.8 Å². The van der Waals surface area contributed by atoms with Gasteiger partial charge >= 0.3 is 5.97 Å². The second kappa shape index (κ2) is 7.47. The van der Waals surface area contributed by atoms with E-state index < -0.39 is 17.9 Å². The number of Topliss-reactive ketones (excluding diaryl/α,β-unsaturated/α-hetero) is 1. The number of alkyl halides is 1. The van der Waals surface area contributed by atoms with Gasteiger partial charge in [-0.15, -0.1) is 0 Å². The highest BCUT2D eigenvalue weighted by molar-refractivity contribution is 6.11. The van der Waals surface area contributed by atoms with Crippen LogP contribution in [0.4, 0.5) is 4.39 Å². The number of carbonyl (C=O) groups is 2. The Kier molecular flexibility index (Phi) is 5.96. The van der Waals surface area contributed by atoms with E-state index in [2.05, 4.69) is 4.74 Å². The van der Waals surface area contributed by atoms with Gasteiger partial charge in [-0.05, 0) is 24.6 Å². The fourth-order valence-corrected chi connectivity index (χ4v) is 1.52. The first kappa shape index (κ1) is 15.9. The van der Waals surface area contributed by atoms with Crippen molar-refractivity contribution >= 4 is 11.8 Å². The quantitative estimate of drug-likeness (QED) is 0.436. The average molecular weight is 284 g/mol. The van der Waals surface area contributed by atoms with E-state index in [9.17, 15) is 14.0 Å². The van der Waals surface area contributed by atoms with Gasteiger partial charge in [0.15, 0.2) is 11.5 Å². The summed E-state index contributed by atoms with van der Waals surface area (Å²) in [6.45, 7) is 1.86. The van der Waals surface area contributed by atoms with Crippen molar-refractivity contribution in [1.82, 2.24) is 0 Å². The van der Waals surface area contributed by atoms with Crippen LogP contribution in [-0.2, 0) is 9.53 Å². The molecule has 110 valence electrons. The molecule has 0 bridgehead atoms. The molecule has 0 N–H and O–H groups in total. The zero-order chi connectivity index (χ0) is 15.1. The van der Waals surface area contributed by atoms with Gasteiger partial charge in [-0.2, -0.15) is 0 Å². The SMILES string of the molecule is CCCOC(=O)C(F)C(=O)c1ccc(OC)c(OC)c1. The molecular formula is C14H17FO5. The summed E-state index contributed by atoms with van der Waals surface area (Å²) >= 11 is 0. The maximum atomic E-state index is 13.7. The lowest BCUT2D eigenvalue weighted by molar-refractivity contribution is -0.147. The lowest BCUT2D eigenvalue weighted by Crippen LogP contribution is -2.28. The van der Waals surface area contributed by atoms with E-state index in [1.54, 1.807) is 6.92 Å². The van der Waals surface area contributed by atoms with Crippen LogP contribution in [0.25, 0.3) is 0 Å². The van der Waals surface area contributed by atoms with E-state index >= 15 is 0 Å². The molecule has 0 spiro atoms. The van der Waals surface area contributed by atoms with Crippen molar-refractivity contribution in [3.05, 3.63) is 23.8 Å². The summed E-state index contributed by atoms with van der Waals surface area (Å²) in [6.07, 6.45) is -1.78. The highest BCUT2D eigenvalue weighted by Gasteiger charge is 2.29. The Morgan fingerprint density at radius 1 is 1.20 bits per heavy atom. The second-order valence-corrected chi connectivity index (χ2v) is 3.96. The maximum absolute atomic E-state index is 13.7. The van der Waals surface area contributed by atoms with Crippen LogP contribution in [0.15, 0.2) is 18.2 Å². The topological polar surface area (TPSA) is 61.8 Å². The van der Waals surface area contributed by atoms with Gasteiger partial charge in [-0.1, -0.05) is 6.92 Å². The molecule has 0 saturated heterocycles. The Morgan fingerprint density at radius 3 is 2.40 bits per heavy atom. The van der Waals surface area contributed by atoms with Crippen molar-refractivity contribution < 1.29 is 28.2 Å². The zero-order valence-corrected chi connectivity index (χ0v) is 11.6. The second-order valence-electron chi connectivity index (χ2n) is 3.96. The van der Waals surface area contributed by atoms with E-state index in [1.807, 2.05) is 0 Å². The summed E-state index contributed by atoms with van der Waals surface area (Å²) in [6, 6.07) is 4.15. The molecule has 0 saturated carbocycles. The molecule has 1 unspecified atom stereocenters. The predicted octanol–water partition coefficient (Wildman–Crippen LogP) is 2.18. The Labute approximate surface area is 116 Å². The van der Waals surface area contributed by atoms with E-state index in [0.717, 1.165) is 0 Å². The molecule has 5 nitrogen and oxygen atoms in total. The molecule has 1 aromatic rings. The number of hydrogen-bond donors (Lipinski definition) is 0. The standard InChI is InChI=1S/C14H17FO5/c1-4-7-20-14(17)12(15)13(16)9-5-6-10(18-2)11(8-9)19-3/h5-6,8,12H,4,7H2,1-3H3. The third-order valence-electron chi connectivity index (χ3n) is 2.55. The number of ether oxygens (including phenoxy) is 3. The van der Waals surface area contributed by atoms with Gasteiger partial charge < -0.3 is 14.2 Å². The molecule has 1 aromatic carbocycles. The highest BCUT2D eigenvalue weighted by atomic mass is 19.1. The van der Waals surface area contributed by atoms with Crippen molar-refractivity contribution in [1.29, 1.82) is 0 Å². The van der Waals surface area contributed by atoms with Crippen LogP contribution < -0.4 is 9.47 Å². The fourth-order valence-electron chi connectivity index (χ4n) is 1.52. The molecule has 1 atom stereocenters. The summed E-state index contributed by atoms with van der Waals surface area (Å²) in [7, 11) is 2.84. The fraction of sp³-hybridized carbons (Fsp3) is 0.429. The molecule has 0 aliphatic heterocycles. The van der Waals surface area contributed by atoms with Gasteiger partial charge in [0.25, 0.3) is 6.17 Å². The third-order valence-corrected chi connectivity index (χ3v) is 2.55. The summed E-state index contributed by atoms with van der Waals surface area (Å²) in [4.78, 5) is 23.2. The monoisotopic (exact) mass is 284 g/mol. The normalized spacial score (nSPS) is 11.6. The van der Waals surface area contributed by atoms with Gasteiger partial charge in [-0.3, -0.25) is 4.79 Å². The third kappa shape index (κ3) is 3.69. The van der Waals surface area contributed by atoms with Gasteiger partial charge in [0, 0.05) is 5.56 Å². The molecule has 0 radical (unpaired) electrons. The molecule has 0 amide bonds. The van der Waals surface area contributed by atoms with E-state index in [1.165, 1.54) is 32.4 Å². The first-order chi connectivity index (χ1) is 9.54. The van der Waals surface area contributed by atoms with Crippen LogP contribution in [0, 0.1) is 0 Å². The maximum Gasteiger partial charge on any atom is 0.349 e. The Balaban J connectivity index is 2.88. The summed E-state index contributed by atoms with van der Waals surface area (Å²) in [5.41, 5.74) is 0.0172. The summed E-state index contributed by atoms with van der Waals surface area (Å²) in [5, 5.41) is 0. The number of esters is 1. The molecule has 0 fully saturated rings. The number of rotatable bonds is 7. The van der Waals surface area contributed by atoms with Crippen molar-refractivity contribution in [2.45, 2.75) is 19.5 Å². The number of carbonyl (C=O) groups excluding carboxylic acids is 2. The average Bonchev–Trinajstić information content (AvgIpc) is 2.50. The first-order valence-electron chi connectivity index (χ1n) is 6.12. The van der Waals surface area contributed by atoms with E-state index in [-0.39, 0.29) is 17.9 Å². The van der Waals surface area contributed by atoms with Gasteiger partial charge in [0.1, 0.15) is 0 Å². The minimum atomic E-state index is -2.33. The molecule has 0 aliphatic carbocycles. The molecular weight excluding hydrogens is 267 g/mol. The van der Waals surface area contributed by atoms with Gasteiger partial charge in [0.2, 0.25) is 5.78 Å². The Bertz CT molecular complexity index is 486. The number of benzene rings is 1. The molecule has 6 heteroatoms. The van der Waals surface area contributed by atoms with Crippen LogP contribution >= 0.6 is 0 Å². The minimum absolute atomic E-state index is 0.0172. The number of halogens is 1. The number of ketones is 1. The lowest BCUT2D eigenvalue weighted by atomic mass is 10.1. The van der Waals surface area contributed by atoms with Gasteiger partial charge in [-0.25, -0.2) is 9.18 Å². The van der Waals surface area contributed by atoms with Crippen molar-refractivity contribution in [2.24, 2.45) is 0 Å². The summed E-state index contributed by atoms with van der Waals surface area (Å²) in [5.74, 6) is -1.45. The molecule has 20 heavy (non-hydrogen) atoms. The van der Waals surface area contributed by atoms with Crippen molar-refractivity contribution in [2.75, 3.05) is 20.8 Å².